The molecule has 0 bridgehead atoms. The smallest absolute Gasteiger partial charge is 0.280 e. The van der Waals surface area contributed by atoms with Crippen molar-refractivity contribution in [2.45, 2.75) is 13.5 Å². The van der Waals surface area contributed by atoms with Gasteiger partial charge in [0.1, 0.15) is 23.9 Å². The molecule has 1 amide bonds. The van der Waals surface area contributed by atoms with E-state index in [1.165, 1.54) is 25.1 Å². The van der Waals surface area contributed by atoms with Gasteiger partial charge in [0.05, 0.1) is 15.8 Å². The molecular formula is C24H13BrF6N2O2. The highest BCUT2D eigenvalue weighted by molar-refractivity contribution is 9.10. The minimum Gasteiger partial charge on any atom is -0.488 e. The van der Waals surface area contributed by atoms with E-state index in [2.05, 4.69) is 21.0 Å². The van der Waals surface area contributed by atoms with Gasteiger partial charge in [-0.05, 0) is 64.3 Å². The van der Waals surface area contributed by atoms with Gasteiger partial charge in [-0.2, -0.15) is 10.1 Å². The topological polar surface area (TPSA) is 41.9 Å². The molecule has 0 N–H and O–H groups in total. The Morgan fingerprint density at radius 2 is 1.51 bits per heavy atom. The number of nitrogens with zero attached hydrogens (tertiary/aromatic N) is 2. The third kappa shape index (κ3) is 4.68. The van der Waals surface area contributed by atoms with Crippen LogP contribution in [0.2, 0.25) is 0 Å². The van der Waals surface area contributed by atoms with Crippen LogP contribution < -0.4 is 9.75 Å². The molecule has 0 radical (unpaired) electrons. The third-order valence-electron chi connectivity index (χ3n) is 5.04. The van der Waals surface area contributed by atoms with Gasteiger partial charge in [-0.1, -0.05) is 18.2 Å². The van der Waals surface area contributed by atoms with Crippen LogP contribution in [0.4, 0.5) is 32.0 Å². The summed E-state index contributed by atoms with van der Waals surface area (Å²) in [5.41, 5.74) is -0.364. The van der Waals surface area contributed by atoms with Crippen LogP contribution in [0.5, 0.6) is 5.75 Å². The summed E-state index contributed by atoms with van der Waals surface area (Å²) in [6.07, 6.45) is 1.35. The second kappa shape index (κ2) is 9.57. The lowest BCUT2D eigenvalue weighted by Crippen LogP contribution is -2.25. The number of anilines is 1. The summed E-state index contributed by atoms with van der Waals surface area (Å²) < 4.78 is 88.1. The zero-order chi connectivity index (χ0) is 25.4. The highest BCUT2D eigenvalue weighted by atomic mass is 79.9. The van der Waals surface area contributed by atoms with Crippen LogP contribution in [0.1, 0.15) is 18.1 Å². The van der Waals surface area contributed by atoms with Crippen molar-refractivity contribution in [3.63, 3.8) is 0 Å². The lowest BCUT2D eigenvalue weighted by atomic mass is 10.1. The minimum absolute atomic E-state index is 0.00620. The number of hydrogen-bond donors (Lipinski definition) is 0. The summed E-state index contributed by atoms with van der Waals surface area (Å²) in [4.78, 5) is 12.8. The molecule has 35 heavy (non-hydrogen) atoms. The maximum Gasteiger partial charge on any atom is 0.280 e. The standard InChI is InChI=1S/C24H13BrF6N2O2/c1-11-15(24(34)33(32-11)23-21(30)19(28)18(27)20(29)22(23)31)8-13-4-7-17(16(25)9-13)35-10-12-2-5-14(26)6-3-12/h2-9H,10H2,1H3/b15-8+. The Morgan fingerprint density at radius 1 is 0.914 bits per heavy atom. The van der Waals surface area contributed by atoms with Crippen molar-refractivity contribution in [2.75, 3.05) is 5.01 Å². The Bertz CT molecular complexity index is 1380. The number of halogens is 7. The average molecular weight is 555 g/mol. The molecule has 0 fully saturated rings. The molecular weight excluding hydrogens is 542 g/mol. The van der Waals surface area contributed by atoms with E-state index >= 15 is 0 Å². The van der Waals surface area contributed by atoms with E-state index in [1.54, 1.807) is 30.3 Å². The van der Waals surface area contributed by atoms with Crippen LogP contribution in [0, 0.1) is 34.9 Å². The first-order valence-corrected chi connectivity index (χ1v) is 10.7. The molecule has 11 heteroatoms. The first-order valence-electron chi connectivity index (χ1n) is 9.88. The summed E-state index contributed by atoms with van der Waals surface area (Å²) in [5, 5.41) is 3.84. The predicted molar refractivity (Wildman–Crippen MR) is 120 cm³/mol. The molecule has 4 rings (SSSR count). The Morgan fingerprint density at radius 3 is 2.11 bits per heavy atom. The third-order valence-corrected chi connectivity index (χ3v) is 5.66. The van der Waals surface area contributed by atoms with Crippen molar-refractivity contribution in [3.05, 3.63) is 98.5 Å². The number of amides is 1. The van der Waals surface area contributed by atoms with Crippen LogP contribution in [0.3, 0.4) is 0 Å². The zero-order valence-electron chi connectivity index (χ0n) is 17.7. The van der Waals surface area contributed by atoms with Crippen LogP contribution in [0.15, 0.2) is 57.6 Å². The van der Waals surface area contributed by atoms with Gasteiger partial charge in [0.15, 0.2) is 23.3 Å². The first kappa shape index (κ1) is 24.5. The lowest BCUT2D eigenvalue weighted by Gasteiger charge is -2.15. The predicted octanol–water partition coefficient (Wildman–Crippen LogP) is 6.67. The van der Waals surface area contributed by atoms with Crippen LogP contribution in [0.25, 0.3) is 6.08 Å². The van der Waals surface area contributed by atoms with E-state index in [-0.39, 0.29) is 28.7 Å². The van der Waals surface area contributed by atoms with Crippen LogP contribution in [-0.2, 0) is 11.4 Å². The molecule has 3 aromatic rings. The molecule has 0 saturated carbocycles. The second-order valence-electron chi connectivity index (χ2n) is 7.38. The Labute approximate surface area is 203 Å². The van der Waals surface area contributed by atoms with Gasteiger partial charge in [-0.15, -0.1) is 0 Å². The monoisotopic (exact) mass is 554 g/mol. The summed E-state index contributed by atoms with van der Waals surface area (Å²) in [6, 6.07) is 10.5. The zero-order valence-corrected chi connectivity index (χ0v) is 19.3. The van der Waals surface area contributed by atoms with Crippen molar-refractivity contribution in [1.29, 1.82) is 0 Å². The number of carbonyl (C=O) groups is 1. The van der Waals surface area contributed by atoms with Crippen molar-refractivity contribution < 1.29 is 35.9 Å². The van der Waals surface area contributed by atoms with E-state index in [0.29, 0.717) is 15.8 Å². The molecule has 1 heterocycles. The highest BCUT2D eigenvalue weighted by Crippen LogP contribution is 2.34. The maximum absolute atomic E-state index is 14.2. The summed E-state index contributed by atoms with van der Waals surface area (Å²) in [6.45, 7) is 1.52. The normalized spacial score (nSPS) is 14.6. The fraction of sp³-hybridized carbons (Fsp3) is 0.0833. The number of hydrazone groups is 1. The van der Waals surface area contributed by atoms with Gasteiger partial charge in [-0.25, -0.2) is 26.3 Å². The molecule has 0 saturated heterocycles. The Hall–Kier alpha value is -3.60. The van der Waals surface area contributed by atoms with Crippen LogP contribution >= 0.6 is 15.9 Å². The molecule has 0 atom stereocenters. The van der Waals surface area contributed by atoms with Gasteiger partial charge in [0.2, 0.25) is 5.82 Å². The quantitative estimate of drug-likeness (QED) is 0.153. The van der Waals surface area contributed by atoms with E-state index in [1.807, 2.05) is 0 Å². The molecule has 0 spiro atoms. The fourth-order valence-electron chi connectivity index (χ4n) is 3.25. The largest absolute Gasteiger partial charge is 0.488 e. The van der Waals surface area contributed by atoms with E-state index in [4.69, 9.17) is 4.74 Å². The van der Waals surface area contributed by atoms with Gasteiger partial charge >= 0.3 is 0 Å². The molecule has 0 aliphatic carbocycles. The highest BCUT2D eigenvalue weighted by Gasteiger charge is 2.37. The van der Waals surface area contributed by atoms with E-state index < -0.39 is 40.7 Å². The summed E-state index contributed by atoms with van der Waals surface area (Å²) in [7, 11) is 0. The van der Waals surface area contributed by atoms with Crippen molar-refractivity contribution >= 4 is 39.3 Å². The molecule has 3 aromatic carbocycles. The van der Waals surface area contributed by atoms with Gasteiger partial charge in [0, 0.05) is 0 Å². The van der Waals surface area contributed by atoms with Crippen LogP contribution in [-0.4, -0.2) is 11.6 Å². The van der Waals surface area contributed by atoms with Crippen molar-refractivity contribution in [3.8, 4) is 5.75 Å². The Balaban J connectivity index is 1.58. The number of hydrogen-bond acceptors (Lipinski definition) is 3. The Kier molecular flexibility index (Phi) is 6.70. The first-order chi connectivity index (χ1) is 16.6. The molecule has 1 aliphatic heterocycles. The fourth-order valence-corrected chi connectivity index (χ4v) is 3.76. The summed E-state index contributed by atoms with van der Waals surface area (Å²) in [5.74, 6) is -12.0. The average Bonchev–Trinajstić information content (AvgIpc) is 3.10. The molecule has 1 aliphatic rings. The van der Waals surface area contributed by atoms with E-state index in [0.717, 1.165) is 5.56 Å². The van der Waals surface area contributed by atoms with Crippen molar-refractivity contribution in [2.24, 2.45) is 5.10 Å². The number of ether oxygens (including phenoxy) is 1. The molecule has 4 nitrogen and oxygen atoms in total. The summed E-state index contributed by atoms with van der Waals surface area (Å²) >= 11 is 3.34. The maximum atomic E-state index is 14.2. The number of carbonyl (C=O) groups excluding carboxylic acids is 1. The number of benzene rings is 3. The molecule has 0 unspecified atom stereocenters. The minimum atomic E-state index is -2.33. The van der Waals surface area contributed by atoms with E-state index in [9.17, 15) is 31.1 Å². The molecule has 180 valence electrons. The number of rotatable bonds is 5. The van der Waals surface area contributed by atoms with Gasteiger partial charge < -0.3 is 4.74 Å². The SMILES string of the molecule is CC1=NN(c2c(F)c(F)c(F)c(F)c2F)C(=O)/C1=C/c1ccc(OCc2ccc(F)cc2)c(Br)c1. The van der Waals surface area contributed by atoms with Gasteiger partial charge in [-0.3, -0.25) is 4.79 Å². The van der Waals surface area contributed by atoms with Crippen molar-refractivity contribution in [1.82, 2.24) is 0 Å². The lowest BCUT2D eigenvalue weighted by molar-refractivity contribution is -0.114. The second-order valence-corrected chi connectivity index (χ2v) is 8.24. The molecule has 0 aromatic heterocycles. The van der Waals surface area contributed by atoms with Gasteiger partial charge in [0.25, 0.3) is 5.91 Å².